The molecule has 1 atom stereocenters. The van der Waals surface area contributed by atoms with Gasteiger partial charge in [-0.3, -0.25) is 4.79 Å². The number of carbonyl (C=O) groups excluding carboxylic acids is 1. The predicted octanol–water partition coefficient (Wildman–Crippen LogP) is 4.28. The van der Waals surface area contributed by atoms with E-state index in [1.54, 1.807) is 19.2 Å². The molecule has 1 amide bonds. The summed E-state index contributed by atoms with van der Waals surface area (Å²) < 4.78 is 7.04. The van der Waals surface area contributed by atoms with Gasteiger partial charge in [-0.25, -0.2) is 0 Å². The van der Waals surface area contributed by atoms with Crippen LogP contribution in [-0.2, 0) is 4.74 Å². The molecule has 1 heterocycles. The van der Waals surface area contributed by atoms with Crippen LogP contribution in [0.5, 0.6) is 0 Å². The van der Waals surface area contributed by atoms with Crippen LogP contribution in [0.15, 0.2) is 40.9 Å². The van der Waals surface area contributed by atoms with E-state index in [-0.39, 0.29) is 12.0 Å². The fraction of sp³-hybridized carbons (Fsp3) is 0.214. The molecular weight excluding hydrogens is 362 g/mol. The van der Waals surface area contributed by atoms with Gasteiger partial charge in [0.1, 0.15) is 6.10 Å². The minimum absolute atomic E-state index is 0.123. The zero-order valence-electron chi connectivity index (χ0n) is 10.7. The lowest BCUT2D eigenvalue weighted by Gasteiger charge is -2.14. The van der Waals surface area contributed by atoms with E-state index in [4.69, 9.17) is 16.3 Å². The number of ether oxygens (including phenoxy) is 1. The van der Waals surface area contributed by atoms with Crippen molar-refractivity contribution in [3.63, 3.8) is 0 Å². The highest BCUT2D eigenvalue weighted by Crippen LogP contribution is 2.28. The van der Waals surface area contributed by atoms with Crippen molar-refractivity contribution in [2.75, 3.05) is 13.7 Å². The molecule has 1 aromatic carbocycles. The Morgan fingerprint density at radius 2 is 2.05 bits per heavy atom. The smallest absolute Gasteiger partial charge is 0.251 e. The number of carbonyl (C=O) groups is 1. The van der Waals surface area contributed by atoms with Gasteiger partial charge in [-0.2, -0.15) is 0 Å². The van der Waals surface area contributed by atoms with Crippen molar-refractivity contribution >= 4 is 44.8 Å². The number of hydrogen-bond donors (Lipinski definition) is 1. The minimum atomic E-state index is -0.188. The summed E-state index contributed by atoms with van der Waals surface area (Å²) >= 11 is 10.7. The van der Waals surface area contributed by atoms with Gasteiger partial charge < -0.3 is 10.1 Å². The van der Waals surface area contributed by atoms with Crippen LogP contribution in [0.1, 0.15) is 21.3 Å². The number of benzene rings is 1. The van der Waals surface area contributed by atoms with Gasteiger partial charge >= 0.3 is 0 Å². The molecule has 0 fully saturated rings. The fourth-order valence-electron chi connectivity index (χ4n) is 1.69. The topological polar surface area (TPSA) is 38.3 Å². The van der Waals surface area contributed by atoms with Crippen LogP contribution in [0.3, 0.4) is 0 Å². The monoisotopic (exact) mass is 373 g/mol. The first-order chi connectivity index (χ1) is 9.60. The molecule has 0 radical (unpaired) electrons. The van der Waals surface area contributed by atoms with Crippen molar-refractivity contribution in [3.05, 3.63) is 55.6 Å². The minimum Gasteiger partial charge on any atom is -0.374 e. The third-order valence-corrected chi connectivity index (χ3v) is 4.60. The normalized spacial score (nSPS) is 12.2. The largest absolute Gasteiger partial charge is 0.374 e. The quantitative estimate of drug-likeness (QED) is 0.848. The summed E-state index contributed by atoms with van der Waals surface area (Å²) in [5.41, 5.74) is 0.618. The summed E-state index contributed by atoms with van der Waals surface area (Å²) in [6.45, 7) is 0.405. The van der Waals surface area contributed by atoms with E-state index in [1.807, 2.05) is 24.3 Å². The number of thiophene rings is 1. The first-order valence-electron chi connectivity index (χ1n) is 5.92. The summed E-state index contributed by atoms with van der Waals surface area (Å²) in [7, 11) is 1.62. The van der Waals surface area contributed by atoms with Crippen molar-refractivity contribution in [2.24, 2.45) is 0 Å². The van der Waals surface area contributed by atoms with E-state index in [0.717, 1.165) is 9.35 Å². The van der Waals surface area contributed by atoms with E-state index in [0.29, 0.717) is 16.4 Å². The Hall–Kier alpha value is -0.880. The zero-order chi connectivity index (χ0) is 14.5. The number of nitrogens with one attached hydrogen (secondary N) is 1. The van der Waals surface area contributed by atoms with Gasteiger partial charge in [-0.1, -0.05) is 27.5 Å². The maximum atomic E-state index is 12.0. The number of halogens is 2. The van der Waals surface area contributed by atoms with E-state index in [1.165, 1.54) is 11.3 Å². The van der Waals surface area contributed by atoms with Crippen molar-refractivity contribution < 1.29 is 9.53 Å². The van der Waals surface area contributed by atoms with Crippen molar-refractivity contribution in [1.29, 1.82) is 0 Å². The Labute approximate surface area is 135 Å². The molecule has 2 rings (SSSR count). The third kappa shape index (κ3) is 4.06. The number of rotatable bonds is 5. The lowest BCUT2D eigenvalue weighted by Crippen LogP contribution is -2.28. The Morgan fingerprint density at radius 1 is 1.35 bits per heavy atom. The van der Waals surface area contributed by atoms with E-state index in [9.17, 15) is 4.79 Å². The van der Waals surface area contributed by atoms with Gasteiger partial charge in [0.05, 0.1) is 4.34 Å². The van der Waals surface area contributed by atoms with Crippen molar-refractivity contribution in [1.82, 2.24) is 5.32 Å². The van der Waals surface area contributed by atoms with Crippen LogP contribution >= 0.6 is 38.9 Å². The van der Waals surface area contributed by atoms with Crippen LogP contribution in [0.4, 0.5) is 0 Å². The molecule has 1 unspecified atom stereocenters. The molecule has 3 nitrogen and oxygen atoms in total. The average Bonchev–Trinajstić information content (AvgIpc) is 2.86. The van der Waals surface area contributed by atoms with E-state index in [2.05, 4.69) is 21.2 Å². The molecule has 0 aliphatic heterocycles. The number of hydrogen-bond acceptors (Lipinski definition) is 3. The molecule has 0 spiro atoms. The third-order valence-electron chi connectivity index (χ3n) is 2.75. The molecule has 6 heteroatoms. The maximum absolute atomic E-state index is 12.0. The first kappa shape index (κ1) is 15.5. The lowest BCUT2D eigenvalue weighted by atomic mass is 10.2. The van der Waals surface area contributed by atoms with Gasteiger partial charge in [0.2, 0.25) is 0 Å². The summed E-state index contributed by atoms with van der Waals surface area (Å²) in [6, 6.07) is 10.9. The predicted molar refractivity (Wildman–Crippen MR) is 85.6 cm³/mol. The average molecular weight is 375 g/mol. The second-order valence-electron chi connectivity index (χ2n) is 4.08. The van der Waals surface area contributed by atoms with Crippen LogP contribution < -0.4 is 5.32 Å². The second kappa shape index (κ2) is 7.22. The van der Waals surface area contributed by atoms with Crippen molar-refractivity contribution in [2.45, 2.75) is 6.10 Å². The van der Waals surface area contributed by atoms with Gasteiger partial charge in [0, 0.05) is 28.6 Å². The highest BCUT2D eigenvalue weighted by atomic mass is 79.9. The lowest BCUT2D eigenvalue weighted by molar-refractivity contribution is 0.0837. The summed E-state index contributed by atoms with van der Waals surface area (Å²) in [5.74, 6) is -0.123. The van der Waals surface area contributed by atoms with Crippen LogP contribution in [0.2, 0.25) is 4.34 Å². The van der Waals surface area contributed by atoms with Gasteiger partial charge in [-0.05, 0) is 36.4 Å². The van der Waals surface area contributed by atoms with E-state index < -0.39 is 0 Å². The van der Waals surface area contributed by atoms with Crippen molar-refractivity contribution in [3.8, 4) is 0 Å². The maximum Gasteiger partial charge on any atom is 0.251 e. The summed E-state index contributed by atoms with van der Waals surface area (Å²) in [5, 5.41) is 2.86. The molecule has 20 heavy (non-hydrogen) atoms. The van der Waals surface area contributed by atoms with Crippen LogP contribution in [-0.4, -0.2) is 19.6 Å². The van der Waals surface area contributed by atoms with Crippen LogP contribution in [0, 0.1) is 0 Å². The molecule has 0 aliphatic carbocycles. The molecule has 1 N–H and O–H groups in total. The van der Waals surface area contributed by atoms with Crippen LogP contribution in [0.25, 0.3) is 0 Å². The van der Waals surface area contributed by atoms with Gasteiger partial charge in [0.15, 0.2) is 0 Å². The first-order valence-corrected chi connectivity index (χ1v) is 7.90. The summed E-state index contributed by atoms with van der Waals surface area (Å²) in [6.07, 6.45) is -0.188. The van der Waals surface area contributed by atoms with Gasteiger partial charge in [-0.15, -0.1) is 11.3 Å². The molecular formula is C14H13BrClNO2S. The zero-order valence-corrected chi connectivity index (χ0v) is 13.9. The molecule has 1 aromatic heterocycles. The highest BCUT2D eigenvalue weighted by molar-refractivity contribution is 9.10. The number of methoxy groups -OCH3 is 1. The molecule has 2 aromatic rings. The Bertz CT molecular complexity index is 585. The van der Waals surface area contributed by atoms with E-state index >= 15 is 0 Å². The molecule has 0 saturated carbocycles. The Balaban J connectivity index is 1.96. The highest BCUT2D eigenvalue weighted by Gasteiger charge is 2.15. The second-order valence-corrected chi connectivity index (χ2v) is 6.75. The number of amides is 1. The molecule has 0 bridgehead atoms. The Morgan fingerprint density at radius 3 is 2.60 bits per heavy atom. The molecule has 106 valence electrons. The molecule has 0 aliphatic rings. The molecule has 0 saturated heterocycles. The standard InChI is InChI=1S/C14H13BrClNO2S/c1-19-11(12-6-7-13(16)20-12)8-17-14(18)9-2-4-10(15)5-3-9/h2-7,11H,8H2,1H3,(H,17,18). The summed E-state index contributed by atoms with van der Waals surface area (Å²) in [4.78, 5) is 13.0. The fourth-order valence-corrected chi connectivity index (χ4v) is 3.09. The van der Waals surface area contributed by atoms with Gasteiger partial charge in [0.25, 0.3) is 5.91 Å². The SMILES string of the molecule is COC(CNC(=O)c1ccc(Br)cc1)c1ccc(Cl)s1. The Kier molecular flexibility index (Phi) is 5.60.